The van der Waals surface area contributed by atoms with Gasteiger partial charge in [0.05, 0.1) is 6.04 Å². The van der Waals surface area contributed by atoms with Crippen molar-refractivity contribution in [2.45, 2.75) is 38.8 Å². The van der Waals surface area contributed by atoms with Crippen LogP contribution in [0.1, 0.15) is 38.3 Å². The molecule has 0 aliphatic heterocycles. The second-order valence-electron chi connectivity index (χ2n) is 4.35. The van der Waals surface area contributed by atoms with Crippen LogP contribution in [0.3, 0.4) is 0 Å². The van der Waals surface area contributed by atoms with Gasteiger partial charge in [0.25, 0.3) is 0 Å². The van der Waals surface area contributed by atoms with E-state index < -0.39 is 0 Å². The highest BCUT2D eigenvalue weighted by molar-refractivity contribution is 6.31. The fourth-order valence-electron chi connectivity index (χ4n) is 2.16. The van der Waals surface area contributed by atoms with E-state index in [2.05, 4.69) is 0 Å². The quantitative estimate of drug-likeness (QED) is 0.789. The van der Waals surface area contributed by atoms with E-state index in [1.54, 1.807) is 6.92 Å². The Hall–Kier alpha value is -1.02. The fourth-order valence-corrected chi connectivity index (χ4v) is 2.46. The maximum atomic E-state index is 11.6. The molecule has 1 saturated carbocycles. The molecular weight excluding hydrogens is 222 g/mol. The van der Waals surface area contributed by atoms with Crippen molar-refractivity contribution in [2.24, 2.45) is 0 Å². The summed E-state index contributed by atoms with van der Waals surface area (Å²) in [5.74, 6) is 0.134. The summed E-state index contributed by atoms with van der Waals surface area (Å²) in [6.45, 7) is 3.67. The van der Waals surface area contributed by atoms with Crippen LogP contribution in [0.5, 0.6) is 0 Å². The van der Waals surface area contributed by atoms with Gasteiger partial charge in [0.1, 0.15) is 0 Å². The van der Waals surface area contributed by atoms with Crippen LogP contribution < -0.4 is 0 Å². The predicted molar refractivity (Wildman–Crippen MR) is 65.4 cm³/mol. The van der Waals surface area contributed by atoms with Crippen molar-refractivity contribution in [1.82, 2.24) is 4.90 Å². The number of hydrogen-bond donors (Lipinski definition) is 0. The Kier molecular flexibility index (Phi) is 3.20. The zero-order valence-electron chi connectivity index (χ0n) is 9.61. The fraction of sp³-hybridized carbons (Fsp3) is 0.462. The van der Waals surface area contributed by atoms with Gasteiger partial charge < -0.3 is 4.90 Å². The van der Waals surface area contributed by atoms with E-state index >= 15 is 0 Å². The highest BCUT2D eigenvalue weighted by atomic mass is 35.5. The summed E-state index contributed by atoms with van der Waals surface area (Å²) in [6, 6.07) is 8.23. The molecule has 1 fully saturated rings. The van der Waals surface area contributed by atoms with E-state index in [-0.39, 0.29) is 11.9 Å². The number of nitrogens with zero attached hydrogens (tertiary/aromatic N) is 1. The predicted octanol–water partition coefficient (Wildman–Crippen LogP) is 3.41. The maximum Gasteiger partial charge on any atom is 0.220 e. The summed E-state index contributed by atoms with van der Waals surface area (Å²) < 4.78 is 0. The molecule has 16 heavy (non-hydrogen) atoms. The second-order valence-corrected chi connectivity index (χ2v) is 4.76. The van der Waals surface area contributed by atoms with Crippen molar-refractivity contribution >= 4 is 17.5 Å². The summed E-state index contributed by atoms with van der Waals surface area (Å²) in [7, 11) is 0. The third kappa shape index (κ3) is 2.22. The first-order valence-corrected chi connectivity index (χ1v) is 6.02. The third-order valence-electron chi connectivity index (χ3n) is 3.08. The standard InChI is InChI=1S/C13H16ClNO/c1-9(12-5-3-4-6-13(12)14)15(10(2)16)11-7-8-11/h3-6,9,11H,7-8H2,1-2H3/t9-/m0/s1. The summed E-state index contributed by atoms with van der Waals surface area (Å²) >= 11 is 6.15. The van der Waals surface area contributed by atoms with Crippen molar-refractivity contribution in [3.8, 4) is 0 Å². The smallest absolute Gasteiger partial charge is 0.220 e. The number of hydrogen-bond acceptors (Lipinski definition) is 1. The lowest BCUT2D eigenvalue weighted by Gasteiger charge is -2.29. The summed E-state index contributed by atoms with van der Waals surface area (Å²) in [5.41, 5.74) is 1.03. The molecule has 86 valence electrons. The number of carbonyl (C=O) groups excluding carboxylic acids is 1. The molecule has 2 nitrogen and oxygen atoms in total. The van der Waals surface area contributed by atoms with E-state index in [4.69, 9.17) is 11.6 Å². The Morgan fingerprint density at radius 1 is 1.44 bits per heavy atom. The lowest BCUT2D eigenvalue weighted by Crippen LogP contribution is -2.33. The van der Waals surface area contributed by atoms with Gasteiger partial charge in [-0.1, -0.05) is 29.8 Å². The molecule has 0 saturated heterocycles. The molecule has 3 heteroatoms. The molecule has 1 aromatic carbocycles. The molecule has 0 spiro atoms. The van der Waals surface area contributed by atoms with Gasteiger partial charge in [0.15, 0.2) is 0 Å². The van der Waals surface area contributed by atoms with Gasteiger partial charge in [-0.05, 0) is 31.4 Å². The summed E-state index contributed by atoms with van der Waals surface area (Å²) in [4.78, 5) is 13.6. The van der Waals surface area contributed by atoms with Gasteiger partial charge in [-0.15, -0.1) is 0 Å². The first-order chi connectivity index (χ1) is 7.61. The topological polar surface area (TPSA) is 20.3 Å². The highest BCUT2D eigenvalue weighted by Gasteiger charge is 2.34. The molecule has 1 aromatic rings. The number of benzene rings is 1. The molecule has 0 unspecified atom stereocenters. The van der Waals surface area contributed by atoms with Crippen LogP contribution >= 0.6 is 11.6 Å². The van der Waals surface area contributed by atoms with E-state index in [0.717, 1.165) is 23.4 Å². The molecule has 0 aromatic heterocycles. The maximum absolute atomic E-state index is 11.6. The lowest BCUT2D eigenvalue weighted by molar-refractivity contribution is -0.131. The first-order valence-electron chi connectivity index (χ1n) is 5.64. The highest BCUT2D eigenvalue weighted by Crippen LogP contribution is 2.36. The minimum absolute atomic E-state index is 0.0682. The van der Waals surface area contributed by atoms with E-state index in [1.807, 2.05) is 36.1 Å². The van der Waals surface area contributed by atoms with Crippen LogP contribution in [0.2, 0.25) is 5.02 Å². The summed E-state index contributed by atoms with van der Waals surface area (Å²) in [6.07, 6.45) is 2.24. The first kappa shape index (κ1) is 11.5. The Morgan fingerprint density at radius 3 is 2.56 bits per heavy atom. The van der Waals surface area contributed by atoms with Crippen molar-refractivity contribution < 1.29 is 4.79 Å². The minimum Gasteiger partial charge on any atom is -0.333 e. The molecule has 0 heterocycles. The molecule has 2 rings (SSSR count). The normalized spacial score (nSPS) is 16.9. The Balaban J connectivity index is 2.25. The average Bonchev–Trinajstić information content (AvgIpc) is 3.02. The third-order valence-corrected chi connectivity index (χ3v) is 3.42. The van der Waals surface area contributed by atoms with Crippen molar-refractivity contribution in [3.05, 3.63) is 34.9 Å². The summed E-state index contributed by atoms with van der Waals surface area (Å²) in [5, 5.41) is 0.738. The second kappa shape index (κ2) is 4.46. The van der Waals surface area contributed by atoms with Gasteiger partial charge in [-0.2, -0.15) is 0 Å². The van der Waals surface area contributed by atoms with Crippen molar-refractivity contribution in [1.29, 1.82) is 0 Å². The van der Waals surface area contributed by atoms with Crippen LogP contribution in [0, 0.1) is 0 Å². The molecule has 1 atom stereocenters. The lowest BCUT2D eigenvalue weighted by atomic mass is 10.1. The van der Waals surface area contributed by atoms with Gasteiger partial charge in [-0.3, -0.25) is 4.79 Å². The van der Waals surface area contributed by atoms with Crippen LogP contribution in [0.4, 0.5) is 0 Å². The zero-order valence-corrected chi connectivity index (χ0v) is 10.4. The van der Waals surface area contributed by atoms with Crippen LogP contribution in [-0.4, -0.2) is 16.8 Å². The number of carbonyl (C=O) groups is 1. The Morgan fingerprint density at radius 2 is 2.06 bits per heavy atom. The molecule has 1 aliphatic carbocycles. The van der Waals surface area contributed by atoms with Gasteiger partial charge in [0.2, 0.25) is 5.91 Å². The average molecular weight is 238 g/mol. The molecule has 0 radical (unpaired) electrons. The van der Waals surface area contributed by atoms with Crippen molar-refractivity contribution in [3.63, 3.8) is 0 Å². The monoisotopic (exact) mass is 237 g/mol. The van der Waals surface area contributed by atoms with Gasteiger partial charge in [0, 0.05) is 18.0 Å². The largest absolute Gasteiger partial charge is 0.333 e. The van der Waals surface area contributed by atoms with Crippen LogP contribution in [-0.2, 0) is 4.79 Å². The van der Waals surface area contributed by atoms with E-state index in [1.165, 1.54) is 0 Å². The van der Waals surface area contributed by atoms with Gasteiger partial charge >= 0.3 is 0 Å². The van der Waals surface area contributed by atoms with Gasteiger partial charge in [-0.25, -0.2) is 0 Å². The zero-order chi connectivity index (χ0) is 11.7. The SMILES string of the molecule is CC(=O)N(C1CC1)[C@@H](C)c1ccccc1Cl. The van der Waals surface area contributed by atoms with Crippen LogP contribution in [0.25, 0.3) is 0 Å². The van der Waals surface area contributed by atoms with Crippen LogP contribution in [0.15, 0.2) is 24.3 Å². The minimum atomic E-state index is 0.0682. The van der Waals surface area contributed by atoms with E-state index in [9.17, 15) is 4.79 Å². The molecule has 1 aliphatic rings. The number of halogens is 1. The Bertz CT molecular complexity index is 401. The van der Waals surface area contributed by atoms with E-state index in [0.29, 0.717) is 6.04 Å². The molecule has 1 amide bonds. The Labute approximate surface area is 101 Å². The molecular formula is C13H16ClNO. The number of amides is 1. The van der Waals surface area contributed by atoms with Crippen molar-refractivity contribution in [2.75, 3.05) is 0 Å². The number of rotatable bonds is 3. The molecule has 0 bridgehead atoms. The molecule has 0 N–H and O–H groups in total.